The van der Waals surface area contributed by atoms with E-state index in [9.17, 15) is 9.59 Å². The molecule has 0 aromatic heterocycles. The molecule has 0 radical (unpaired) electrons. The quantitative estimate of drug-likeness (QED) is 0.850. The molecule has 0 fully saturated rings. The van der Waals surface area contributed by atoms with Crippen LogP contribution in [0.15, 0.2) is 48.5 Å². The minimum absolute atomic E-state index is 0.304. The molecular weight excluding hydrogens is 296 g/mol. The van der Waals surface area contributed by atoms with Crippen LogP contribution in [0, 0.1) is 0 Å². The third-order valence-electron chi connectivity index (χ3n) is 3.58. The van der Waals surface area contributed by atoms with Crippen molar-refractivity contribution in [1.82, 2.24) is 10.6 Å². The monoisotopic (exact) mass is 312 g/mol. The van der Waals surface area contributed by atoms with E-state index in [2.05, 4.69) is 10.6 Å². The SMILES string of the molecule is COc1ccccc1CNC(=O)NC1OC(=O)c2ccccc21. The number of amides is 2. The second kappa shape index (κ2) is 6.39. The lowest BCUT2D eigenvalue weighted by atomic mass is 10.1. The summed E-state index contributed by atoms with van der Waals surface area (Å²) in [6, 6.07) is 14.0. The van der Waals surface area contributed by atoms with E-state index in [1.54, 1.807) is 31.4 Å². The molecule has 6 heteroatoms. The average molecular weight is 312 g/mol. The Balaban J connectivity index is 1.62. The van der Waals surface area contributed by atoms with Crippen LogP contribution >= 0.6 is 0 Å². The number of carbonyl (C=O) groups is 2. The van der Waals surface area contributed by atoms with Gasteiger partial charge in [-0.3, -0.25) is 5.32 Å². The summed E-state index contributed by atoms with van der Waals surface area (Å²) in [5.74, 6) is 0.265. The highest BCUT2D eigenvalue weighted by atomic mass is 16.6. The van der Waals surface area contributed by atoms with E-state index in [1.165, 1.54) is 0 Å². The van der Waals surface area contributed by atoms with E-state index in [4.69, 9.17) is 9.47 Å². The summed E-state index contributed by atoms with van der Waals surface area (Å²) < 4.78 is 10.4. The standard InChI is InChI=1S/C17H16N2O4/c1-22-14-9-5-2-6-11(14)10-18-17(21)19-15-12-7-3-4-8-13(12)16(20)23-15/h2-9,15H,10H2,1H3,(H2,18,19,21). The molecule has 118 valence electrons. The lowest BCUT2D eigenvalue weighted by molar-refractivity contribution is 0.0337. The molecular formula is C17H16N2O4. The Hall–Kier alpha value is -3.02. The highest BCUT2D eigenvalue weighted by Gasteiger charge is 2.31. The van der Waals surface area contributed by atoms with Crippen LogP contribution in [-0.4, -0.2) is 19.1 Å². The molecule has 2 aromatic rings. The number of cyclic esters (lactones) is 1. The maximum Gasteiger partial charge on any atom is 0.340 e. The molecule has 1 aliphatic rings. The molecule has 1 atom stereocenters. The number of carbonyl (C=O) groups excluding carboxylic acids is 2. The van der Waals surface area contributed by atoms with E-state index in [0.29, 0.717) is 23.4 Å². The Bertz CT molecular complexity index is 745. The van der Waals surface area contributed by atoms with Gasteiger partial charge in [0.1, 0.15) is 5.75 Å². The second-order valence-corrected chi connectivity index (χ2v) is 5.01. The van der Waals surface area contributed by atoms with Crippen molar-refractivity contribution >= 4 is 12.0 Å². The average Bonchev–Trinajstić information content (AvgIpc) is 2.89. The third kappa shape index (κ3) is 3.11. The Morgan fingerprint density at radius 3 is 2.74 bits per heavy atom. The molecule has 2 amide bonds. The lowest BCUT2D eigenvalue weighted by Gasteiger charge is -2.14. The molecule has 0 saturated carbocycles. The minimum atomic E-state index is -0.767. The maximum absolute atomic E-state index is 12.0. The Labute approximate surface area is 133 Å². The molecule has 1 unspecified atom stereocenters. The summed E-state index contributed by atoms with van der Waals surface area (Å²) in [4.78, 5) is 23.7. The number of hydrogen-bond donors (Lipinski definition) is 2. The van der Waals surface area contributed by atoms with E-state index in [0.717, 1.165) is 5.56 Å². The van der Waals surface area contributed by atoms with Crippen molar-refractivity contribution in [3.63, 3.8) is 0 Å². The predicted octanol–water partition coefficient (Wildman–Crippen LogP) is 2.36. The molecule has 0 spiro atoms. The van der Waals surface area contributed by atoms with E-state index in [1.807, 2.05) is 24.3 Å². The van der Waals surface area contributed by atoms with Crippen LogP contribution in [0.4, 0.5) is 4.79 Å². The molecule has 1 aliphatic heterocycles. The van der Waals surface area contributed by atoms with Gasteiger partial charge in [0.05, 0.1) is 12.7 Å². The molecule has 23 heavy (non-hydrogen) atoms. The summed E-state index contributed by atoms with van der Waals surface area (Å²) in [5.41, 5.74) is 1.99. The maximum atomic E-state index is 12.0. The van der Waals surface area contributed by atoms with Gasteiger partial charge in [0.2, 0.25) is 6.23 Å². The number of ether oxygens (including phenoxy) is 2. The molecule has 3 rings (SSSR count). The number of benzene rings is 2. The number of fused-ring (bicyclic) bond motifs is 1. The Kier molecular flexibility index (Phi) is 4.14. The second-order valence-electron chi connectivity index (χ2n) is 5.01. The zero-order valence-electron chi connectivity index (χ0n) is 12.5. The molecule has 0 aliphatic carbocycles. The van der Waals surface area contributed by atoms with Crippen molar-refractivity contribution < 1.29 is 19.1 Å². The topological polar surface area (TPSA) is 76.7 Å². The van der Waals surface area contributed by atoms with Crippen molar-refractivity contribution in [1.29, 1.82) is 0 Å². The summed E-state index contributed by atoms with van der Waals surface area (Å²) in [5, 5.41) is 5.36. The minimum Gasteiger partial charge on any atom is -0.496 e. The molecule has 0 bridgehead atoms. The molecule has 2 N–H and O–H groups in total. The number of esters is 1. The van der Waals surface area contributed by atoms with Gasteiger partial charge in [0.15, 0.2) is 0 Å². The summed E-state index contributed by atoms with van der Waals surface area (Å²) in [6.07, 6.45) is -0.767. The van der Waals surface area contributed by atoms with Gasteiger partial charge in [0.25, 0.3) is 0 Å². The first-order valence-corrected chi connectivity index (χ1v) is 7.15. The van der Waals surface area contributed by atoms with Crippen LogP contribution < -0.4 is 15.4 Å². The highest BCUT2D eigenvalue weighted by molar-refractivity contribution is 5.94. The van der Waals surface area contributed by atoms with Gasteiger partial charge in [-0.2, -0.15) is 0 Å². The first-order chi connectivity index (χ1) is 11.2. The summed E-state index contributed by atoms with van der Waals surface area (Å²) >= 11 is 0. The van der Waals surface area contributed by atoms with Crippen LogP contribution in [0.2, 0.25) is 0 Å². The van der Waals surface area contributed by atoms with Gasteiger partial charge in [0, 0.05) is 17.7 Å². The smallest absolute Gasteiger partial charge is 0.340 e. The zero-order chi connectivity index (χ0) is 16.2. The number of methoxy groups -OCH3 is 1. The van der Waals surface area contributed by atoms with Crippen molar-refractivity contribution in [3.8, 4) is 5.75 Å². The lowest BCUT2D eigenvalue weighted by Crippen LogP contribution is -2.37. The molecule has 2 aromatic carbocycles. The van der Waals surface area contributed by atoms with Crippen LogP contribution in [-0.2, 0) is 11.3 Å². The number of para-hydroxylation sites is 1. The number of urea groups is 1. The number of rotatable bonds is 4. The van der Waals surface area contributed by atoms with Crippen molar-refractivity contribution in [2.45, 2.75) is 12.8 Å². The molecule has 6 nitrogen and oxygen atoms in total. The normalized spacial score (nSPS) is 15.5. The van der Waals surface area contributed by atoms with E-state index >= 15 is 0 Å². The zero-order valence-corrected chi connectivity index (χ0v) is 12.5. The van der Waals surface area contributed by atoms with Gasteiger partial charge in [-0.25, -0.2) is 9.59 Å². The van der Waals surface area contributed by atoms with Crippen LogP contribution in [0.1, 0.15) is 27.7 Å². The van der Waals surface area contributed by atoms with Gasteiger partial charge >= 0.3 is 12.0 Å². The van der Waals surface area contributed by atoms with Crippen LogP contribution in [0.3, 0.4) is 0 Å². The van der Waals surface area contributed by atoms with E-state index in [-0.39, 0.29) is 0 Å². The van der Waals surface area contributed by atoms with Crippen molar-refractivity contribution in [2.75, 3.05) is 7.11 Å². The number of nitrogens with one attached hydrogen (secondary N) is 2. The van der Waals surface area contributed by atoms with Crippen molar-refractivity contribution in [2.24, 2.45) is 0 Å². The van der Waals surface area contributed by atoms with Gasteiger partial charge in [-0.15, -0.1) is 0 Å². The summed E-state index contributed by atoms with van der Waals surface area (Å²) in [6.45, 7) is 0.304. The Morgan fingerprint density at radius 1 is 1.17 bits per heavy atom. The number of hydrogen-bond acceptors (Lipinski definition) is 4. The fraction of sp³-hybridized carbons (Fsp3) is 0.176. The van der Waals surface area contributed by atoms with Gasteiger partial charge in [-0.05, 0) is 12.1 Å². The third-order valence-corrected chi connectivity index (χ3v) is 3.58. The Morgan fingerprint density at radius 2 is 1.91 bits per heavy atom. The molecule has 1 heterocycles. The fourth-order valence-electron chi connectivity index (χ4n) is 2.45. The fourth-order valence-corrected chi connectivity index (χ4v) is 2.45. The van der Waals surface area contributed by atoms with E-state index < -0.39 is 18.2 Å². The summed E-state index contributed by atoms with van der Waals surface area (Å²) in [7, 11) is 1.58. The van der Waals surface area contributed by atoms with Gasteiger partial charge < -0.3 is 14.8 Å². The van der Waals surface area contributed by atoms with Crippen LogP contribution in [0.5, 0.6) is 5.75 Å². The highest BCUT2D eigenvalue weighted by Crippen LogP contribution is 2.28. The molecule has 0 saturated heterocycles. The first-order valence-electron chi connectivity index (χ1n) is 7.15. The van der Waals surface area contributed by atoms with Crippen molar-refractivity contribution in [3.05, 3.63) is 65.2 Å². The first kappa shape index (κ1) is 14.9. The largest absolute Gasteiger partial charge is 0.496 e. The van der Waals surface area contributed by atoms with Gasteiger partial charge in [-0.1, -0.05) is 36.4 Å². The van der Waals surface area contributed by atoms with Crippen LogP contribution in [0.25, 0.3) is 0 Å². The predicted molar refractivity (Wildman–Crippen MR) is 83.0 cm³/mol.